The number of carbonyl (C=O) groups is 1. The van der Waals surface area contributed by atoms with Crippen molar-refractivity contribution in [2.45, 2.75) is 26.7 Å². The van der Waals surface area contributed by atoms with Crippen LogP contribution in [0.4, 0.5) is 0 Å². The molecule has 0 bridgehead atoms. The molecule has 0 N–H and O–H groups in total. The quantitative estimate of drug-likeness (QED) is 0.543. The van der Waals surface area contributed by atoms with Crippen LogP contribution in [0.2, 0.25) is 0 Å². The van der Waals surface area contributed by atoms with Gasteiger partial charge in [0.05, 0.1) is 0 Å². The first-order valence-corrected chi connectivity index (χ1v) is 6.05. The second-order valence-electron chi connectivity index (χ2n) is 4.56. The van der Waals surface area contributed by atoms with Crippen LogP contribution in [0.1, 0.15) is 34.3 Å². The number of hydrogen-bond donors (Lipinski definition) is 0. The smallest absolute Gasteiger partial charge is 0.237 e. The maximum absolute atomic E-state index is 11.9. The summed E-state index contributed by atoms with van der Waals surface area (Å²) >= 11 is 0. The van der Waals surface area contributed by atoms with Crippen LogP contribution < -0.4 is 0 Å². The zero-order valence-corrected chi connectivity index (χ0v) is 10.4. The Morgan fingerprint density at radius 3 is 2.53 bits per heavy atom. The van der Waals surface area contributed by atoms with E-state index in [0.717, 1.165) is 18.7 Å². The number of nitrogens with zero attached hydrogens (tertiary/aromatic N) is 1. The normalized spacial score (nSPS) is 14.4. The number of rotatable bonds is 1. The van der Waals surface area contributed by atoms with E-state index < -0.39 is 0 Å². The Labute approximate surface area is 103 Å². The fraction of sp³-hybridized carbons (Fsp3) is 0.400. The average molecular weight is 227 g/mol. The Hall–Kier alpha value is -1.75. The summed E-state index contributed by atoms with van der Waals surface area (Å²) in [6, 6.07) is 8.68. The molecule has 1 aliphatic rings. The van der Waals surface area contributed by atoms with Crippen molar-refractivity contribution in [2.75, 3.05) is 13.1 Å². The lowest BCUT2D eigenvalue weighted by molar-refractivity contribution is 0.105. The lowest BCUT2D eigenvalue weighted by Crippen LogP contribution is -2.12. The van der Waals surface area contributed by atoms with E-state index in [4.69, 9.17) is 0 Å². The predicted octanol–water partition coefficient (Wildman–Crippen LogP) is 2.54. The number of aryl methyl sites for hydroxylation is 2. The molecule has 2 nitrogen and oxygen atoms in total. The molecule has 0 atom stereocenters. The Kier molecular flexibility index (Phi) is 3.49. The van der Waals surface area contributed by atoms with Crippen molar-refractivity contribution in [3.8, 4) is 12.0 Å². The van der Waals surface area contributed by atoms with Crippen molar-refractivity contribution in [3.63, 3.8) is 0 Å². The summed E-state index contributed by atoms with van der Waals surface area (Å²) in [5.41, 5.74) is 3.03. The number of Topliss-reactive ketones (excluding diaryl/α,β-unsaturated/α-hetero) is 1. The Morgan fingerprint density at radius 1 is 1.18 bits per heavy atom. The highest BCUT2D eigenvalue weighted by Crippen LogP contribution is 2.10. The lowest BCUT2D eigenvalue weighted by atomic mass is 10.0. The highest BCUT2D eigenvalue weighted by Gasteiger charge is 2.08. The van der Waals surface area contributed by atoms with Crippen molar-refractivity contribution in [2.24, 2.45) is 0 Å². The predicted molar refractivity (Wildman–Crippen MR) is 68.8 cm³/mol. The van der Waals surface area contributed by atoms with E-state index in [0.29, 0.717) is 5.56 Å². The van der Waals surface area contributed by atoms with Crippen molar-refractivity contribution >= 4 is 5.78 Å². The zero-order valence-electron chi connectivity index (χ0n) is 10.4. The standard InChI is InChI=1S/C15H17NO/c1-12-5-6-14(11-13(12)2)15(17)7-10-16-8-3-4-9-16/h5-6,11H,3-4,8-9H2,1-2H3. The second-order valence-corrected chi connectivity index (χ2v) is 4.56. The Balaban J connectivity index is 2.11. The number of hydrogen-bond acceptors (Lipinski definition) is 2. The topological polar surface area (TPSA) is 20.3 Å². The molecule has 0 radical (unpaired) electrons. The first kappa shape index (κ1) is 11.7. The third-order valence-electron chi connectivity index (χ3n) is 3.20. The zero-order chi connectivity index (χ0) is 12.3. The van der Waals surface area contributed by atoms with Crippen LogP contribution in [0.3, 0.4) is 0 Å². The monoisotopic (exact) mass is 227 g/mol. The number of ketones is 1. The van der Waals surface area contributed by atoms with E-state index in [1.165, 1.54) is 18.4 Å². The summed E-state index contributed by atoms with van der Waals surface area (Å²) in [4.78, 5) is 13.9. The van der Waals surface area contributed by atoms with E-state index in [2.05, 4.69) is 12.0 Å². The molecule has 2 heteroatoms. The van der Waals surface area contributed by atoms with Gasteiger partial charge in [0.1, 0.15) is 0 Å². The Bertz CT molecular complexity index is 487. The molecule has 1 heterocycles. The molecule has 0 saturated carbocycles. The van der Waals surface area contributed by atoms with Gasteiger partial charge in [0, 0.05) is 24.7 Å². The van der Waals surface area contributed by atoms with Gasteiger partial charge in [-0.15, -0.1) is 0 Å². The van der Waals surface area contributed by atoms with Gasteiger partial charge in [-0.2, -0.15) is 0 Å². The highest BCUT2D eigenvalue weighted by atomic mass is 16.1. The van der Waals surface area contributed by atoms with Crippen molar-refractivity contribution in [3.05, 3.63) is 34.9 Å². The maximum atomic E-state index is 11.9. The van der Waals surface area contributed by atoms with E-state index >= 15 is 0 Å². The molecule has 1 fully saturated rings. The molecule has 0 amide bonds. The molecule has 17 heavy (non-hydrogen) atoms. The van der Waals surface area contributed by atoms with Gasteiger partial charge in [-0.05, 0) is 49.8 Å². The maximum Gasteiger partial charge on any atom is 0.237 e. The van der Waals surface area contributed by atoms with E-state index in [9.17, 15) is 4.79 Å². The average Bonchev–Trinajstić information content (AvgIpc) is 2.82. The van der Waals surface area contributed by atoms with Gasteiger partial charge >= 0.3 is 0 Å². The minimum absolute atomic E-state index is 0.0833. The largest absolute Gasteiger partial charge is 0.332 e. The van der Waals surface area contributed by atoms with Gasteiger partial charge in [-0.1, -0.05) is 12.1 Å². The Morgan fingerprint density at radius 2 is 1.88 bits per heavy atom. The summed E-state index contributed by atoms with van der Waals surface area (Å²) in [7, 11) is 0. The molecule has 0 aliphatic carbocycles. The summed E-state index contributed by atoms with van der Waals surface area (Å²) in [6.07, 6.45) is 2.37. The first-order chi connectivity index (χ1) is 8.16. The van der Waals surface area contributed by atoms with Gasteiger partial charge in [-0.3, -0.25) is 4.79 Å². The molecule has 1 saturated heterocycles. The number of likely N-dealkylation sites (tertiary alicyclic amines) is 1. The van der Waals surface area contributed by atoms with Crippen LogP contribution in [0.25, 0.3) is 0 Å². The SMILES string of the molecule is Cc1ccc(C(=O)C#CN2CCCC2)cc1C. The summed E-state index contributed by atoms with van der Waals surface area (Å²) in [5, 5.41) is 0. The summed E-state index contributed by atoms with van der Waals surface area (Å²) < 4.78 is 0. The van der Waals surface area contributed by atoms with Crippen LogP contribution in [0.5, 0.6) is 0 Å². The number of carbonyl (C=O) groups excluding carboxylic acids is 1. The first-order valence-electron chi connectivity index (χ1n) is 6.05. The van der Waals surface area contributed by atoms with Crippen LogP contribution in [0, 0.1) is 25.8 Å². The van der Waals surface area contributed by atoms with Gasteiger partial charge in [0.2, 0.25) is 5.78 Å². The molecule has 88 valence electrons. The number of benzene rings is 1. The third kappa shape index (κ3) is 2.88. The molecule has 0 spiro atoms. The lowest BCUT2D eigenvalue weighted by Gasteiger charge is -2.05. The fourth-order valence-corrected chi connectivity index (χ4v) is 1.91. The van der Waals surface area contributed by atoms with Crippen LogP contribution in [0.15, 0.2) is 18.2 Å². The van der Waals surface area contributed by atoms with E-state index in [1.807, 2.05) is 36.9 Å². The molecule has 0 aromatic heterocycles. The van der Waals surface area contributed by atoms with Gasteiger partial charge < -0.3 is 4.90 Å². The van der Waals surface area contributed by atoms with Crippen molar-refractivity contribution in [1.29, 1.82) is 0 Å². The van der Waals surface area contributed by atoms with Crippen LogP contribution >= 0.6 is 0 Å². The molecule has 1 aromatic carbocycles. The third-order valence-corrected chi connectivity index (χ3v) is 3.20. The van der Waals surface area contributed by atoms with Crippen LogP contribution in [-0.4, -0.2) is 23.8 Å². The van der Waals surface area contributed by atoms with Gasteiger partial charge in [0.25, 0.3) is 0 Å². The minimum atomic E-state index is -0.0833. The summed E-state index contributed by atoms with van der Waals surface area (Å²) in [6.45, 7) is 6.04. The van der Waals surface area contributed by atoms with Gasteiger partial charge in [-0.25, -0.2) is 0 Å². The molecule has 1 aromatic rings. The van der Waals surface area contributed by atoms with E-state index in [1.54, 1.807) is 0 Å². The second kappa shape index (κ2) is 5.05. The van der Waals surface area contributed by atoms with Crippen LogP contribution in [-0.2, 0) is 0 Å². The van der Waals surface area contributed by atoms with Crippen molar-refractivity contribution < 1.29 is 4.79 Å². The molecule has 1 aliphatic heterocycles. The van der Waals surface area contributed by atoms with Gasteiger partial charge in [0.15, 0.2) is 0 Å². The summed E-state index contributed by atoms with van der Waals surface area (Å²) in [5.74, 6) is 2.64. The highest BCUT2D eigenvalue weighted by molar-refractivity contribution is 6.09. The molecule has 2 rings (SSSR count). The minimum Gasteiger partial charge on any atom is -0.332 e. The molecule has 0 unspecified atom stereocenters. The molecular weight excluding hydrogens is 210 g/mol. The van der Waals surface area contributed by atoms with E-state index in [-0.39, 0.29) is 5.78 Å². The van der Waals surface area contributed by atoms with Crippen molar-refractivity contribution in [1.82, 2.24) is 4.90 Å². The molecular formula is C15H17NO. The fourth-order valence-electron chi connectivity index (χ4n) is 1.91.